The predicted octanol–water partition coefficient (Wildman–Crippen LogP) is 2.51. The zero-order valence-electron chi connectivity index (χ0n) is 10.1. The molecule has 0 radical (unpaired) electrons. The lowest BCUT2D eigenvalue weighted by atomic mass is 9.94. The molecular weight excluding hydrogens is 312 g/mol. The first-order valence-electron chi connectivity index (χ1n) is 6.48. The number of hydrogen-bond donors (Lipinski definition) is 2. The smallest absolute Gasteiger partial charge is 0.237 e. The van der Waals surface area contributed by atoms with Crippen LogP contribution in [0.1, 0.15) is 24.1 Å². The van der Waals surface area contributed by atoms with Crippen molar-refractivity contribution in [2.45, 2.75) is 31.8 Å². The third kappa shape index (κ3) is 2.49. The van der Waals surface area contributed by atoms with Crippen LogP contribution in [-0.4, -0.2) is 18.5 Å². The minimum atomic E-state index is 0.0425. The minimum Gasteiger partial charge on any atom is -0.350 e. The van der Waals surface area contributed by atoms with Gasteiger partial charge in [0.2, 0.25) is 5.91 Å². The highest BCUT2D eigenvalue weighted by atomic mass is 79.9. The zero-order valence-corrected chi connectivity index (χ0v) is 12.5. The molecule has 0 bridgehead atoms. The van der Waals surface area contributed by atoms with Gasteiger partial charge in [-0.2, -0.15) is 0 Å². The van der Waals surface area contributed by atoms with Crippen LogP contribution in [0.5, 0.6) is 0 Å². The number of amides is 1. The molecule has 2 N–H and O–H groups in total. The summed E-state index contributed by atoms with van der Waals surface area (Å²) in [5.41, 5.74) is 0. The van der Waals surface area contributed by atoms with Crippen molar-refractivity contribution in [2.24, 2.45) is 11.8 Å². The summed E-state index contributed by atoms with van der Waals surface area (Å²) in [5.74, 6) is 1.48. The highest BCUT2D eigenvalue weighted by Crippen LogP contribution is 2.37. The molecule has 1 amide bonds. The van der Waals surface area contributed by atoms with Crippen LogP contribution in [0, 0.1) is 11.8 Å². The van der Waals surface area contributed by atoms with Gasteiger partial charge in [0.05, 0.1) is 12.6 Å². The molecule has 1 aromatic rings. The Morgan fingerprint density at radius 3 is 3.22 bits per heavy atom. The number of fused-ring (bicyclic) bond motifs is 1. The first kappa shape index (κ1) is 12.6. The second-order valence-electron chi connectivity index (χ2n) is 5.19. The number of nitrogens with one attached hydrogen (secondary N) is 2. The fourth-order valence-electron chi connectivity index (χ4n) is 3.21. The molecule has 1 saturated heterocycles. The second kappa shape index (κ2) is 5.31. The molecule has 2 aliphatic rings. The average molecular weight is 329 g/mol. The van der Waals surface area contributed by atoms with Gasteiger partial charge in [-0.05, 0) is 53.2 Å². The molecule has 1 aromatic heterocycles. The fourth-order valence-corrected chi connectivity index (χ4v) is 4.60. The van der Waals surface area contributed by atoms with Crippen LogP contribution in [0.25, 0.3) is 0 Å². The summed E-state index contributed by atoms with van der Waals surface area (Å²) in [6, 6.07) is 2.10. The Kier molecular flexibility index (Phi) is 3.73. The maximum absolute atomic E-state index is 12.2. The van der Waals surface area contributed by atoms with Crippen molar-refractivity contribution in [1.29, 1.82) is 0 Å². The highest BCUT2D eigenvalue weighted by molar-refractivity contribution is 9.10. The molecule has 18 heavy (non-hydrogen) atoms. The van der Waals surface area contributed by atoms with E-state index in [1.807, 2.05) is 5.38 Å². The molecule has 0 aromatic carbocycles. The Labute approximate surface area is 119 Å². The van der Waals surface area contributed by atoms with E-state index in [9.17, 15) is 4.79 Å². The van der Waals surface area contributed by atoms with Crippen molar-refractivity contribution in [3.63, 3.8) is 0 Å². The van der Waals surface area contributed by atoms with Gasteiger partial charge in [0.1, 0.15) is 0 Å². The normalized spacial score (nSPS) is 30.4. The lowest BCUT2D eigenvalue weighted by Gasteiger charge is -2.17. The van der Waals surface area contributed by atoms with Crippen molar-refractivity contribution in [1.82, 2.24) is 10.6 Å². The van der Waals surface area contributed by atoms with E-state index >= 15 is 0 Å². The summed E-state index contributed by atoms with van der Waals surface area (Å²) >= 11 is 5.10. The Morgan fingerprint density at radius 2 is 2.44 bits per heavy atom. The summed E-state index contributed by atoms with van der Waals surface area (Å²) in [6.45, 7) is 1.66. The van der Waals surface area contributed by atoms with Crippen molar-refractivity contribution in [3.8, 4) is 0 Å². The van der Waals surface area contributed by atoms with Crippen LogP contribution in [0.3, 0.4) is 0 Å². The van der Waals surface area contributed by atoms with E-state index < -0.39 is 0 Å². The molecule has 5 heteroatoms. The van der Waals surface area contributed by atoms with Gasteiger partial charge in [0.15, 0.2) is 0 Å². The first-order valence-corrected chi connectivity index (χ1v) is 8.15. The van der Waals surface area contributed by atoms with E-state index in [2.05, 4.69) is 32.6 Å². The summed E-state index contributed by atoms with van der Waals surface area (Å²) in [7, 11) is 0. The maximum Gasteiger partial charge on any atom is 0.237 e. The van der Waals surface area contributed by atoms with Gasteiger partial charge in [-0.3, -0.25) is 4.79 Å². The molecule has 2 fully saturated rings. The molecule has 3 nitrogen and oxygen atoms in total. The van der Waals surface area contributed by atoms with E-state index in [0.29, 0.717) is 12.5 Å². The molecule has 2 heterocycles. The SMILES string of the molecule is O=C(NCc1cc(Br)cs1)C1NCC2CCCC21. The molecule has 1 aliphatic heterocycles. The summed E-state index contributed by atoms with van der Waals surface area (Å²) < 4.78 is 1.09. The third-order valence-corrected chi connectivity index (χ3v) is 5.78. The number of halogens is 1. The number of rotatable bonds is 3. The van der Waals surface area contributed by atoms with Gasteiger partial charge >= 0.3 is 0 Å². The Bertz CT molecular complexity index is 448. The number of carbonyl (C=O) groups excluding carboxylic acids is 1. The maximum atomic E-state index is 12.2. The summed E-state index contributed by atoms with van der Waals surface area (Å²) in [6.07, 6.45) is 3.79. The van der Waals surface area contributed by atoms with Crippen molar-refractivity contribution < 1.29 is 4.79 Å². The van der Waals surface area contributed by atoms with E-state index in [0.717, 1.165) is 16.9 Å². The van der Waals surface area contributed by atoms with Crippen molar-refractivity contribution >= 4 is 33.2 Å². The van der Waals surface area contributed by atoms with Gasteiger partial charge in [0.25, 0.3) is 0 Å². The zero-order chi connectivity index (χ0) is 12.5. The monoisotopic (exact) mass is 328 g/mol. The first-order chi connectivity index (χ1) is 8.74. The van der Waals surface area contributed by atoms with Gasteiger partial charge in [0, 0.05) is 14.7 Å². The standard InChI is InChI=1S/C13H17BrN2OS/c14-9-4-10(18-7-9)6-16-13(17)12-11-3-1-2-8(11)5-15-12/h4,7-8,11-12,15H,1-3,5-6H2,(H,16,17). The highest BCUT2D eigenvalue weighted by Gasteiger charge is 2.42. The Hall–Kier alpha value is -0.390. The largest absolute Gasteiger partial charge is 0.350 e. The number of hydrogen-bond acceptors (Lipinski definition) is 3. The molecule has 1 saturated carbocycles. The lowest BCUT2D eigenvalue weighted by Crippen LogP contribution is -2.43. The average Bonchev–Trinajstić information content (AvgIpc) is 3.01. The third-order valence-electron chi connectivity index (χ3n) is 4.09. The predicted molar refractivity (Wildman–Crippen MR) is 76.5 cm³/mol. The summed E-state index contributed by atoms with van der Waals surface area (Å²) in [4.78, 5) is 13.4. The second-order valence-corrected chi connectivity index (χ2v) is 7.10. The van der Waals surface area contributed by atoms with Gasteiger partial charge < -0.3 is 10.6 Å². The molecule has 0 spiro atoms. The fraction of sp³-hybridized carbons (Fsp3) is 0.615. The van der Waals surface area contributed by atoms with Crippen LogP contribution < -0.4 is 10.6 Å². The van der Waals surface area contributed by atoms with Crippen LogP contribution in [0.15, 0.2) is 15.9 Å². The lowest BCUT2D eigenvalue weighted by molar-refractivity contribution is -0.123. The van der Waals surface area contributed by atoms with E-state index in [-0.39, 0.29) is 11.9 Å². The topological polar surface area (TPSA) is 41.1 Å². The summed E-state index contributed by atoms with van der Waals surface area (Å²) in [5, 5.41) is 8.48. The van der Waals surface area contributed by atoms with E-state index in [4.69, 9.17) is 0 Å². The number of carbonyl (C=O) groups is 1. The van der Waals surface area contributed by atoms with Gasteiger partial charge in [-0.25, -0.2) is 0 Å². The molecule has 3 atom stereocenters. The van der Waals surface area contributed by atoms with Crippen molar-refractivity contribution in [3.05, 3.63) is 20.8 Å². The molecular formula is C13H17BrN2OS. The van der Waals surface area contributed by atoms with Crippen LogP contribution in [-0.2, 0) is 11.3 Å². The van der Waals surface area contributed by atoms with Gasteiger partial charge in [-0.1, -0.05) is 6.42 Å². The Balaban J connectivity index is 1.55. The van der Waals surface area contributed by atoms with Crippen LogP contribution in [0.4, 0.5) is 0 Å². The molecule has 3 rings (SSSR count). The van der Waals surface area contributed by atoms with Crippen molar-refractivity contribution in [2.75, 3.05) is 6.54 Å². The number of thiophene rings is 1. The quantitative estimate of drug-likeness (QED) is 0.895. The van der Waals surface area contributed by atoms with Gasteiger partial charge in [-0.15, -0.1) is 11.3 Å². The van der Waals surface area contributed by atoms with E-state index in [1.165, 1.54) is 24.1 Å². The van der Waals surface area contributed by atoms with E-state index in [1.54, 1.807) is 11.3 Å². The minimum absolute atomic E-state index is 0.0425. The van der Waals surface area contributed by atoms with Crippen LogP contribution >= 0.6 is 27.3 Å². The molecule has 1 aliphatic carbocycles. The molecule has 3 unspecified atom stereocenters. The van der Waals surface area contributed by atoms with Crippen LogP contribution in [0.2, 0.25) is 0 Å². The Morgan fingerprint density at radius 1 is 1.56 bits per heavy atom. The molecule has 98 valence electrons.